The molecule has 3 N–H and O–H groups in total. The third-order valence-electron chi connectivity index (χ3n) is 13.2. The Kier molecular flexibility index (Phi) is 5.59. The van der Waals surface area contributed by atoms with Crippen LogP contribution in [0.2, 0.25) is 0 Å². The van der Waals surface area contributed by atoms with Gasteiger partial charge in [0.1, 0.15) is 0 Å². The van der Waals surface area contributed by atoms with Gasteiger partial charge in [-0.15, -0.1) is 0 Å². The highest BCUT2D eigenvalue weighted by molar-refractivity contribution is 5.20. The third kappa shape index (κ3) is 3.16. The first-order valence-corrected chi connectivity index (χ1v) is 14.3. The Labute approximate surface area is 208 Å². The van der Waals surface area contributed by atoms with E-state index < -0.39 is 5.60 Å². The van der Waals surface area contributed by atoms with Gasteiger partial charge in [-0.3, -0.25) is 0 Å². The van der Waals surface area contributed by atoms with Gasteiger partial charge in [0, 0.05) is 0 Å². The predicted octanol–water partition coefficient (Wildman–Crippen LogP) is 5.71. The SMILES string of the molecule is CC1(C)CCC(C(C)(O)C2CCC3(C)C2C(O)CC2C4(C)CCC(O)C(C)(C)C4CCC23C)O1. The number of fused-ring (bicyclic) bond motifs is 5. The van der Waals surface area contributed by atoms with Crippen LogP contribution in [0.25, 0.3) is 0 Å². The van der Waals surface area contributed by atoms with Crippen LogP contribution in [0.15, 0.2) is 0 Å². The van der Waals surface area contributed by atoms with Crippen LogP contribution in [0.4, 0.5) is 0 Å². The van der Waals surface area contributed by atoms with Crippen molar-refractivity contribution in [1.82, 2.24) is 0 Å². The minimum atomic E-state index is -0.918. The molecule has 0 bridgehead atoms. The molecule has 11 atom stereocenters. The third-order valence-corrected chi connectivity index (χ3v) is 13.2. The molecular formula is C30H52O4. The fraction of sp³-hybridized carbons (Fsp3) is 1.00. The molecule has 11 unspecified atom stereocenters. The van der Waals surface area contributed by atoms with Crippen molar-refractivity contribution in [2.24, 2.45) is 45.3 Å². The first-order chi connectivity index (χ1) is 15.5. The lowest BCUT2D eigenvalue weighted by molar-refractivity contribution is -0.250. The van der Waals surface area contributed by atoms with Gasteiger partial charge < -0.3 is 20.1 Å². The Morgan fingerprint density at radius 2 is 1.41 bits per heavy atom. The van der Waals surface area contributed by atoms with Crippen molar-refractivity contribution in [2.45, 2.75) is 143 Å². The summed E-state index contributed by atoms with van der Waals surface area (Å²) >= 11 is 0. The molecule has 1 saturated heterocycles. The minimum absolute atomic E-state index is 0.00625. The van der Waals surface area contributed by atoms with Crippen molar-refractivity contribution in [2.75, 3.05) is 0 Å². The van der Waals surface area contributed by atoms with Crippen molar-refractivity contribution in [3.63, 3.8) is 0 Å². The number of aliphatic hydroxyl groups is 3. The molecule has 0 aromatic rings. The zero-order valence-electron chi connectivity index (χ0n) is 23.2. The second kappa shape index (κ2) is 7.45. The van der Waals surface area contributed by atoms with Crippen LogP contribution in [0, 0.1) is 45.3 Å². The molecular weight excluding hydrogens is 424 g/mol. The lowest BCUT2D eigenvalue weighted by atomic mass is 9.35. The molecule has 0 radical (unpaired) electrons. The number of rotatable bonds is 2. The number of aliphatic hydroxyl groups excluding tert-OH is 2. The van der Waals surface area contributed by atoms with E-state index in [1.54, 1.807) is 0 Å². The van der Waals surface area contributed by atoms with E-state index in [1.165, 1.54) is 0 Å². The Morgan fingerprint density at radius 1 is 0.765 bits per heavy atom. The van der Waals surface area contributed by atoms with E-state index in [0.29, 0.717) is 11.8 Å². The second-order valence-corrected chi connectivity index (χ2v) is 15.5. The van der Waals surface area contributed by atoms with Gasteiger partial charge in [0.05, 0.1) is 29.5 Å². The summed E-state index contributed by atoms with van der Waals surface area (Å²) in [5.74, 6) is 1.12. The van der Waals surface area contributed by atoms with Gasteiger partial charge in [-0.1, -0.05) is 34.6 Å². The van der Waals surface area contributed by atoms with E-state index >= 15 is 0 Å². The van der Waals surface area contributed by atoms with Gasteiger partial charge in [0.25, 0.3) is 0 Å². The number of hydrogen-bond donors (Lipinski definition) is 3. The summed E-state index contributed by atoms with van der Waals surface area (Å²) in [7, 11) is 0. The van der Waals surface area contributed by atoms with Crippen molar-refractivity contribution in [1.29, 1.82) is 0 Å². The standard InChI is InChI=1S/C30H52O4/c1-25(2)13-12-23(34-25)30(8,33)18-9-15-29(7)24(18)19(31)17-21-27(5)14-11-22(32)26(3,4)20(27)10-16-28(21,29)6/h18-24,31-33H,9-17H2,1-8H3. The summed E-state index contributed by atoms with van der Waals surface area (Å²) < 4.78 is 6.37. The molecule has 5 aliphatic rings. The molecule has 4 saturated carbocycles. The van der Waals surface area contributed by atoms with Crippen molar-refractivity contribution < 1.29 is 20.1 Å². The molecule has 5 fully saturated rings. The number of hydrogen-bond acceptors (Lipinski definition) is 4. The lowest BCUT2D eigenvalue weighted by Gasteiger charge is -2.70. The zero-order valence-corrected chi connectivity index (χ0v) is 23.2. The Bertz CT molecular complexity index is 819. The first kappa shape index (κ1) is 25.5. The number of ether oxygens (including phenoxy) is 1. The molecule has 0 aromatic carbocycles. The van der Waals surface area contributed by atoms with Crippen LogP contribution in [0.1, 0.15) is 113 Å². The highest BCUT2D eigenvalue weighted by Crippen LogP contribution is 2.75. The summed E-state index contributed by atoms with van der Waals surface area (Å²) in [6, 6.07) is 0. The van der Waals surface area contributed by atoms with Crippen molar-refractivity contribution in [3.05, 3.63) is 0 Å². The van der Waals surface area contributed by atoms with E-state index in [-0.39, 0.29) is 57.4 Å². The van der Waals surface area contributed by atoms with E-state index in [0.717, 1.165) is 57.8 Å². The summed E-state index contributed by atoms with van der Waals surface area (Å²) in [6.07, 6.45) is 8.24. The average molecular weight is 477 g/mol. The molecule has 0 amide bonds. The van der Waals surface area contributed by atoms with E-state index in [4.69, 9.17) is 4.74 Å². The molecule has 4 nitrogen and oxygen atoms in total. The van der Waals surface area contributed by atoms with E-state index in [2.05, 4.69) is 48.5 Å². The maximum absolute atomic E-state index is 12.0. The fourth-order valence-corrected chi connectivity index (χ4v) is 11.0. The monoisotopic (exact) mass is 476 g/mol. The zero-order chi connectivity index (χ0) is 25.1. The smallest absolute Gasteiger partial charge is 0.0912 e. The molecule has 1 heterocycles. The molecule has 0 spiro atoms. The van der Waals surface area contributed by atoms with Crippen molar-refractivity contribution >= 4 is 0 Å². The largest absolute Gasteiger partial charge is 0.393 e. The van der Waals surface area contributed by atoms with Gasteiger partial charge in [-0.25, -0.2) is 0 Å². The van der Waals surface area contributed by atoms with Crippen LogP contribution in [-0.2, 0) is 4.74 Å². The van der Waals surface area contributed by atoms with Crippen LogP contribution >= 0.6 is 0 Å². The summed E-state index contributed by atoms with van der Waals surface area (Å²) in [5.41, 5.74) is -0.884. The van der Waals surface area contributed by atoms with E-state index in [9.17, 15) is 15.3 Å². The summed E-state index contributed by atoms with van der Waals surface area (Å²) in [6.45, 7) is 18.3. The second-order valence-electron chi connectivity index (χ2n) is 15.5. The van der Waals surface area contributed by atoms with Gasteiger partial charge in [-0.05, 0) is 124 Å². The lowest BCUT2D eigenvalue weighted by Crippen LogP contribution is -2.67. The van der Waals surface area contributed by atoms with Gasteiger partial charge >= 0.3 is 0 Å². The maximum atomic E-state index is 12.0. The van der Waals surface area contributed by atoms with E-state index in [1.807, 2.05) is 6.92 Å². The highest BCUT2D eigenvalue weighted by Gasteiger charge is 2.71. The molecule has 5 rings (SSSR count). The first-order valence-electron chi connectivity index (χ1n) is 14.3. The van der Waals surface area contributed by atoms with Crippen LogP contribution < -0.4 is 0 Å². The van der Waals surface area contributed by atoms with Crippen LogP contribution in [0.5, 0.6) is 0 Å². The molecule has 4 aliphatic carbocycles. The molecule has 196 valence electrons. The topological polar surface area (TPSA) is 69.9 Å². The highest BCUT2D eigenvalue weighted by atomic mass is 16.5. The predicted molar refractivity (Wildman–Crippen MR) is 135 cm³/mol. The average Bonchev–Trinajstić information content (AvgIpc) is 3.29. The maximum Gasteiger partial charge on any atom is 0.0912 e. The Hall–Kier alpha value is -0.160. The minimum Gasteiger partial charge on any atom is -0.393 e. The Morgan fingerprint density at radius 3 is 2.03 bits per heavy atom. The fourth-order valence-electron chi connectivity index (χ4n) is 11.0. The summed E-state index contributed by atoms with van der Waals surface area (Å²) in [4.78, 5) is 0. The van der Waals surface area contributed by atoms with Crippen LogP contribution in [-0.4, -0.2) is 44.8 Å². The normalized spacial score (nSPS) is 55.7. The van der Waals surface area contributed by atoms with Crippen LogP contribution in [0.3, 0.4) is 0 Å². The summed E-state index contributed by atoms with van der Waals surface area (Å²) in [5, 5.41) is 34.7. The van der Waals surface area contributed by atoms with Crippen molar-refractivity contribution in [3.8, 4) is 0 Å². The van der Waals surface area contributed by atoms with Gasteiger partial charge in [-0.2, -0.15) is 0 Å². The molecule has 1 aliphatic heterocycles. The van der Waals surface area contributed by atoms with Gasteiger partial charge in [0.2, 0.25) is 0 Å². The quantitative estimate of drug-likeness (QED) is 0.477. The van der Waals surface area contributed by atoms with Gasteiger partial charge in [0.15, 0.2) is 0 Å². The molecule has 34 heavy (non-hydrogen) atoms. The molecule has 4 heteroatoms. The Balaban J connectivity index is 1.49. The molecule has 0 aromatic heterocycles.